The van der Waals surface area contributed by atoms with Crippen LogP contribution in [0.25, 0.3) is 0 Å². The van der Waals surface area contributed by atoms with E-state index in [0.717, 1.165) is 38.3 Å². The second-order valence-electron chi connectivity index (χ2n) is 6.76. The number of nitrogens with zero attached hydrogens (tertiary/aromatic N) is 3. The molecule has 6 heteroatoms. The molecule has 6 nitrogen and oxygen atoms in total. The van der Waals surface area contributed by atoms with Crippen LogP contribution in [0.1, 0.15) is 49.9 Å². The van der Waals surface area contributed by atoms with Crippen LogP contribution in [-0.2, 0) is 17.8 Å². The van der Waals surface area contributed by atoms with Crippen LogP contribution in [0.3, 0.4) is 0 Å². The van der Waals surface area contributed by atoms with Gasteiger partial charge in [0.15, 0.2) is 0 Å². The van der Waals surface area contributed by atoms with E-state index in [9.17, 15) is 4.79 Å². The van der Waals surface area contributed by atoms with Gasteiger partial charge in [0.05, 0.1) is 12.1 Å². The summed E-state index contributed by atoms with van der Waals surface area (Å²) in [4.78, 5) is 19.4. The molecule has 1 N–H and O–H groups in total. The van der Waals surface area contributed by atoms with Crippen molar-refractivity contribution in [3.8, 4) is 0 Å². The molecule has 22 heavy (non-hydrogen) atoms. The van der Waals surface area contributed by atoms with Crippen molar-refractivity contribution >= 4 is 5.91 Å². The van der Waals surface area contributed by atoms with Crippen molar-refractivity contribution in [2.45, 2.75) is 58.3 Å². The number of ether oxygens (including phenoxy) is 1. The Morgan fingerprint density at radius 1 is 1.59 bits per heavy atom. The van der Waals surface area contributed by atoms with Crippen molar-refractivity contribution in [3.63, 3.8) is 0 Å². The topological polar surface area (TPSA) is 59.4 Å². The first-order valence-corrected chi connectivity index (χ1v) is 8.22. The third-order valence-corrected chi connectivity index (χ3v) is 4.60. The zero-order valence-corrected chi connectivity index (χ0v) is 13.8. The standard InChI is InChI=1S/C16H26N4O2/c1-4-20(12-5-8-22-16(2,3)9-12)15(21)13-11-19-7-6-17-10-14(19)18-13/h11-12,17H,4-10H2,1-3H3/t12-/m1/s1. The highest BCUT2D eigenvalue weighted by Gasteiger charge is 2.34. The summed E-state index contributed by atoms with van der Waals surface area (Å²) >= 11 is 0. The normalized spacial score (nSPS) is 23.9. The van der Waals surface area contributed by atoms with Gasteiger partial charge in [-0.15, -0.1) is 0 Å². The van der Waals surface area contributed by atoms with E-state index in [1.165, 1.54) is 0 Å². The molecule has 2 aliphatic heterocycles. The van der Waals surface area contributed by atoms with Crippen LogP contribution in [0, 0.1) is 0 Å². The summed E-state index contributed by atoms with van der Waals surface area (Å²) in [7, 11) is 0. The van der Waals surface area contributed by atoms with E-state index in [4.69, 9.17) is 4.74 Å². The third kappa shape index (κ3) is 3.03. The minimum atomic E-state index is -0.159. The number of amides is 1. The minimum Gasteiger partial charge on any atom is -0.375 e. The average molecular weight is 306 g/mol. The van der Waals surface area contributed by atoms with Gasteiger partial charge in [0.25, 0.3) is 5.91 Å². The van der Waals surface area contributed by atoms with Gasteiger partial charge in [-0.3, -0.25) is 4.79 Å². The van der Waals surface area contributed by atoms with E-state index in [0.29, 0.717) is 18.8 Å². The molecule has 1 aromatic heterocycles. The number of imidazole rings is 1. The second kappa shape index (κ2) is 6.01. The fraction of sp³-hybridized carbons (Fsp3) is 0.750. The molecule has 0 unspecified atom stereocenters. The Balaban J connectivity index is 1.78. The van der Waals surface area contributed by atoms with Crippen molar-refractivity contribution in [3.05, 3.63) is 17.7 Å². The van der Waals surface area contributed by atoms with Crippen molar-refractivity contribution in [2.75, 3.05) is 19.7 Å². The molecule has 3 heterocycles. The van der Waals surface area contributed by atoms with Crippen LogP contribution in [-0.4, -0.2) is 51.7 Å². The Labute approximate surface area is 131 Å². The van der Waals surface area contributed by atoms with Crippen LogP contribution < -0.4 is 5.32 Å². The quantitative estimate of drug-likeness (QED) is 0.917. The zero-order valence-electron chi connectivity index (χ0n) is 13.8. The molecule has 1 amide bonds. The maximum Gasteiger partial charge on any atom is 0.274 e. The molecule has 1 atom stereocenters. The molecule has 0 radical (unpaired) electrons. The van der Waals surface area contributed by atoms with Crippen molar-refractivity contribution in [2.24, 2.45) is 0 Å². The first-order chi connectivity index (χ1) is 10.5. The number of fused-ring (bicyclic) bond motifs is 1. The zero-order chi connectivity index (χ0) is 15.7. The molecule has 0 aromatic carbocycles. The molecule has 1 saturated heterocycles. The number of hydrogen-bond acceptors (Lipinski definition) is 4. The van der Waals surface area contributed by atoms with Gasteiger partial charge in [0, 0.05) is 38.5 Å². The first kappa shape index (κ1) is 15.5. The molecular weight excluding hydrogens is 280 g/mol. The van der Waals surface area contributed by atoms with Gasteiger partial charge in [-0.1, -0.05) is 0 Å². The van der Waals surface area contributed by atoms with E-state index in [-0.39, 0.29) is 17.6 Å². The third-order valence-electron chi connectivity index (χ3n) is 4.60. The van der Waals surface area contributed by atoms with Crippen LogP contribution in [0.2, 0.25) is 0 Å². The van der Waals surface area contributed by atoms with Gasteiger partial charge >= 0.3 is 0 Å². The summed E-state index contributed by atoms with van der Waals surface area (Å²) in [6.45, 7) is 10.2. The molecule has 1 aromatic rings. The SMILES string of the molecule is CCN(C(=O)c1cn2c(n1)CNCC2)[C@@H]1CCOC(C)(C)C1. The van der Waals surface area contributed by atoms with Crippen LogP contribution in [0.15, 0.2) is 6.20 Å². The lowest BCUT2D eigenvalue weighted by atomic mass is 9.92. The monoisotopic (exact) mass is 306 g/mol. The summed E-state index contributed by atoms with van der Waals surface area (Å²) in [5.74, 6) is 1.00. The first-order valence-electron chi connectivity index (χ1n) is 8.22. The van der Waals surface area contributed by atoms with Crippen LogP contribution in [0.5, 0.6) is 0 Å². The molecule has 0 saturated carbocycles. The fourth-order valence-electron chi connectivity index (χ4n) is 3.47. The highest BCUT2D eigenvalue weighted by Crippen LogP contribution is 2.28. The lowest BCUT2D eigenvalue weighted by Gasteiger charge is -2.40. The van der Waals surface area contributed by atoms with Gasteiger partial charge in [0.1, 0.15) is 11.5 Å². The van der Waals surface area contributed by atoms with Crippen LogP contribution >= 0.6 is 0 Å². The van der Waals surface area contributed by atoms with Crippen molar-refractivity contribution in [1.82, 2.24) is 19.8 Å². The molecule has 0 bridgehead atoms. The van der Waals surface area contributed by atoms with E-state index in [1.54, 1.807) is 0 Å². The predicted molar refractivity (Wildman–Crippen MR) is 83.7 cm³/mol. The second-order valence-corrected chi connectivity index (χ2v) is 6.76. The van der Waals surface area contributed by atoms with E-state index in [1.807, 2.05) is 18.0 Å². The Bertz CT molecular complexity index is 529. The number of rotatable bonds is 3. The van der Waals surface area contributed by atoms with E-state index in [2.05, 4.69) is 28.7 Å². The molecule has 1 fully saturated rings. The molecule has 3 rings (SSSR count). The van der Waals surface area contributed by atoms with E-state index >= 15 is 0 Å². The lowest BCUT2D eigenvalue weighted by Crippen LogP contribution is -2.48. The fourth-order valence-corrected chi connectivity index (χ4v) is 3.47. The smallest absolute Gasteiger partial charge is 0.274 e. The van der Waals surface area contributed by atoms with Crippen molar-refractivity contribution < 1.29 is 9.53 Å². The van der Waals surface area contributed by atoms with Gasteiger partial charge in [-0.25, -0.2) is 4.98 Å². The maximum atomic E-state index is 12.9. The Kier molecular flexibility index (Phi) is 4.23. The summed E-state index contributed by atoms with van der Waals surface area (Å²) in [5.41, 5.74) is 0.415. The Morgan fingerprint density at radius 3 is 3.09 bits per heavy atom. The summed E-state index contributed by atoms with van der Waals surface area (Å²) in [6.07, 6.45) is 3.69. The molecule has 0 aliphatic carbocycles. The summed E-state index contributed by atoms with van der Waals surface area (Å²) in [5, 5.41) is 3.29. The predicted octanol–water partition coefficient (Wildman–Crippen LogP) is 1.41. The maximum absolute atomic E-state index is 12.9. The van der Waals surface area contributed by atoms with Gasteiger partial charge in [-0.05, 0) is 33.6 Å². The molecule has 0 spiro atoms. The molecule has 2 aliphatic rings. The highest BCUT2D eigenvalue weighted by atomic mass is 16.5. The number of nitrogens with one attached hydrogen (secondary N) is 1. The number of aromatic nitrogens is 2. The number of hydrogen-bond donors (Lipinski definition) is 1. The minimum absolute atomic E-state index is 0.0482. The van der Waals surface area contributed by atoms with Gasteiger partial charge in [-0.2, -0.15) is 0 Å². The number of carbonyl (C=O) groups excluding carboxylic acids is 1. The van der Waals surface area contributed by atoms with Gasteiger partial charge < -0.3 is 19.5 Å². The Hall–Kier alpha value is -1.40. The largest absolute Gasteiger partial charge is 0.375 e. The Morgan fingerprint density at radius 2 is 2.41 bits per heavy atom. The van der Waals surface area contributed by atoms with E-state index < -0.39 is 0 Å². The van der Waals surface area contributed by atoms with Crippen molar-refractivity contribution in [1.29, 1.82) is 0 Å². The summed E-state index contributed by atoms with van der Waals surface area (Å²) in [6, 6.07) is 0.234. The summed E-state index contributed by atoms with van der Waals surface area (Å²) < 4.78 is 7.86. The van der Waals surface area contributed by atoms with Crippen LogP contribution in [0.4, 0.5) is 0 Å². The van der Waals surface area contributed by atoms with Gasteiger partial charge in [0.2, 0.25) is 0 Å². The molecule has 122 valence electrons. The molecular formula is C16H26N4O2. The highest BCUT2D eigenvalue weighted by molar-refractivity contribution is 5.92. The number of carbonyl (C=O) groups is 1. The average Bonchev–Trinajstić information content (AvgIpc) is 2.91. The lowest BCUT2D eigenvalue weighted by molar-refractivity contribution is -0.0777.